The highest BCUT2D eigenvalue weighted by molar-refractivity contribution is 5.98. The van der Waals surface area contributed by atoms with Crippen LogP contribution in [0, 0.1) is 5.92 Å². The van der Waals surface area contributed by atoms with Crippen molar-refractivity contribution in [1.29, 1.82) is 0 Å². The summed E-state index contributed by atoms with van der Waals surface area (Å²) in [5.41, 5.74) is 4.37. The number of ether oxygens (including phenoxy) is 1. The van der Waals surface area contributed by atoms with E-state index in [0.29, 0.717) is 23.2 Å². The van der Waals surface area contributed by atoms with Crippen molar-refractivity contribution < 1.29 is 23.4 Å². The van der Waals surface area contributed by atoms with Gasteiger partial charge >= 0.3 is 6.61 Å². The Morgan fingerprint density at radius 3 is 2.72 bits per heavy atom. The molecule has 7 nitrogen and oxygen atoms in total. The standard InChI is InChI=1S/C27H28F2N4O3/c1-27(2,35)15-9-7-14(8-10-15)18-11-12-33-24(30-18)22-17-13-19(23(22)31-33)32(3)25(34)16-5-4-6-20(21(16)17)36-26(28)29/h4-7,11-12,15,17,19,26,35H,8-10,13H2,1-3H3/t15?,17-,19-/m1/s1. The molecule has 1 N–H and O–H groups in total. The topological polar surface area (TPSA) is 80.0 Å². The molecule has 36 heavy (non-hydrogen) atoms. The lowest BCUT2D eigenvalue weighted by Crippen LogP contribution is -2.31. The number of allylic oxidation sites excluding steroid dienone is 2. The van der Waals surface area contributed by atoms with Crippen molar-refractivity contribution >= 4 is 17.1 Å². The summed E-state index contributed by atoms with van der Waals surface area (Å²) >= 11 is 0. The molecule has 3 aliphatic rings. The minimum absolute atomic E-state index is 0.0194. The van der Waals surface area contributed by atoms with Crippen LogP contribution in [0.15, 0.2) is 36.5 Å². The lowest BCUT2D eigenvalue weighted by atomic mass is 9.79. The number of rotatable bonds is 4. The number of hydrogen-bond acceptors (Lipinski definition) is 5. The predicted octanol–water partition coefficient (Wildman–Crippen LogP) is 4.95. The van der Waals surface area contributed by atoms with Crippen molar-refractivity contribution in [2.45, 2.75) is 63.7 Å². The summed E-state index contributed by atoms with van der Waals surface area (Å²) in [4.78, 5) is 19.9. The molecule has 0 saturated carbocycles. The van der Waals surface area contributed by atoms with Crippen LogP contribution in [0.25, 0.3) is 11.2 Å². The number of carbonyl (C=O) groups is 1. The number of nitrogens with zero attached hydrogens (tertiary/aromatic N) is 4. The zero-order valence-corrected chi connectivity index (χ0v) is 20.4. The van der Waals surface area contributed by atoms with Crippen molar-refractivity contribution in [1.82, 2.24) is 19.5 Å². The van der Waals surface area contributed by atoms with E-state index in [-0.39, 0.29) is 29.5 Å². The van der Waals surface area contributed by atoms with Gasteiger partial charge in [0.1, 0.15) is 5.75 Å². The molecule has 1 aromatic carbocycles. The van der Waals surface area contributed by atoms with Gasteiger partial charge in [-0.15, -0.1) is 0 Å². The molecular formula is C27H28F2N4O3. The molecule has 188 valence electrons. The number of halogens is 2. The van der Waals surface area contributed by atoms with Crippen LogP contribution < -0.4 is 4.74 Å². The summed E-state index contributed by atoms with van der Waals surface area (Å²) in [6.07, 6.45) is 7.03. The molecule has 3 aromatic rings. The van der Waals surface area contributed by atoms with E-state index in [4.69, 9.17) is 14.8 Å². The fourth-order valence-electron chi connectivity index (χ4n) is 6.11. The van der Waals surface area contributed by atoms with E-state index in [9.17, 15) is 18.7 Å². The largest absolute Gasteiger partial charge is 0.434 e. The molecule has 2 aliphatic carbocycles. The molecule has 2 bridgehead atoms. The average molecular weight is 495 g/mol. The monoisotopic (exact) mass is 494 g/mol. The summed E-state index contributed by atoms with van der Waals surface area (Å²) in [6.45, 7) is 0.703. The Morgan fingerprint density at radius 2 is 2.03 bits per heavy atom. The molecule has 0 spiro atoms. The maximum atomic E-state index is 13.3. The van der Waals surface area contributed by atoms with E-state index in [1.807, 2.05) is 26.1 Å². The van der Waals surface area contributed by atoms with E-state index in [1.165, 1.54) is 6.07 Å². The number of fused-ring (bicyclic) bond motifs is 9. The second kappa shape index (κ2) is 8.09. The summed E-state index contributed by atoms with van der Waals surface area (Å²) in [5, 5.41) is 15.2. The van der Waals surface area contributed by atoms with Gasteiger partial charge in [-0.2, -0.15) is 13.9 Å². The maximum absolute atomic E-state index is 13.3. The van der Waals surface area contributed by atoms with Crippen molar-refractivity contribution in [3.8, 4) is 5.75 Å². The van der Waals surface area contributed by atoms with E-state index < -0.39 is 12.2 Å². The molecule has 3 atom stereocenters. The first kappa shape index (κ1) is 23.1. The Bertz CT molecular complexity index is 1410. The van der Waals surface area contributed by atoms with E-state index in [1.54, 1.807) is 28.6 Å². The Morgan fingerprint density at radius 1 is 1.22 bits per heavy atom. The first-order chi connectivity index (χ1) is 17.1. The summed E-state index contributed by atoms with van der Waals surface area (Å²) in [7, 11) is 1.73. The van der Waals surface area contributed by atoms with Crippen LogP contribution in [0.5, 0.6) is 5.75 Å². The number of hydrogen-bond donors (Lipinski definition) is 1. The van der Waals surface area contributed by atoms with Crippen LogP contribution in [0.2, 0.25) is 0 Å². The number of aromatic nitrogens is 3. The fraction of sp³-hybridized carbons (Fsp3) is 0.444. The highest BCUT2D eigenvalue weighted by Gasteiger charge is 2.46. The number of amides is 1. The van der Waals surface area contributed by atoms with Crippen LogP contribution in [0.4, 0.5) is 8.78 Å². The third-order valence-electron chi connectivity index (χ3n) is 8.06. The molecule has 0 radical (unpaired) electrons. The Kier molecular flexibility index (Phi) is 5.19. The molecule has 3 heterocycles. The second-order valence-corrected chi connectivity index (χ2v) is 10.6. The van der Waals surface area contributed by atoms with Crippen LogP contribution in [-0.2, 0) is 0 Å². The van der Waals surface area contributed by atoms with Gasteiger partial charge in [0.05, 0.1) is 23.0 Å². The third-order valence-corrected chi connectivity index (χ3v) is 8.06. The van der Waals surface area contributed by atoms with E-state index >= 15 is 0 Å². The van der Waals surface area contributed by atoms with Gasteiger partial charge in [0.2, 0.25) is 0 Å². The normalized spacial score (nSPS) is 23.5. The molecule has 1 aliphatic heterocycles. The first-order valence-electron chi connectivity index (χ1n) is 12.3. The maximum Gasteiger partial charge on any atom is 0.387 e. The molecule has 1 unspecified atom stereocenters. The lowest BCUT2D eigenvalue weighted by Gasteiger charge is -2.31. The zero-order chi connectivity index (χ0) is 25.4. The van der Waals surface area contributed by atoms with E-state index in [2.05, 4.69) is 6.08 Å². The molecule has 1 amide bonds. The number of carbonyl (C=O) groups excluding carboxylic acids is 1. The van der Waals surface area contributed by atoms with E-state index in [0.717, 1.165) is 41.8 Å². The Balaban J connectivity index is 1.48. The Labute approximate surface area is 207 Å². The average Bonchev–Trinajstić information content (AvgIpc) is 3.36. The quantitative estimate of drug-likeness (QED) is 0.555. The van der Waals surface area contributed by atoms with Gasteiger partial charge in [-0.1, -0.05) is 12.1 Å². The van der Waals surface area contributed by atoms with Crippen molar-refractivity contribution in [3.05, 3.63) is 64.6 Å². The van der Waals surface area contributed by atoms with Gasteiger partial charge in [-0.05, 0) is 69.2 Å². The summed E-state index contributed by atoms with van der Waals surface area (Å²) in [5.74, 6) is -0.359. The van der Waals surface area contributed by atoms with Crippen LogP contribution >= 0.6 is 0 Å². The van der Waals surface area contributed by atoms with Gasteiger partial charge in [0.25, 0.3) is 5.91 Å². The Hall–Kier alpha value is -3.33. The lowest BCUT2D eigenvalue weighted by molar-refractivity contribution is -0.0505. The molecule has 0 saturated heterocycles. The third kappa shape index (κ3) is 3.51. The molecular weight excluding hydrogens is 466 g/mol. The minimum atomic E-state index is -3.00. The zero-order valence-electron chi connectivity index (χ0n) is 20.4. The molecule has 9 heteroatoms. The molecule has 6 rings (SSSR count). The van der Waals surface area contributed by atoms with Crippen molar-refractivity contribution in [3.63, 3.8) is 0 Å². The van der Waals surface area contributed by atoms with Crippen molar-refractivity contribution in [2.75, 3.05) is 7.05 Å². The summed E-state index contributed by atoms with van der Waals surface area (Å²) in [6, 6.07) is 6.39. The van der Waals surface area contributed by atoms with Crippen molar-refractivity contribution in [2.24, 2.45) is 5.92 Å². The number of benzene rings is 1. The van der Waals surface area contributed by atoms with Gasteiger partial charge < -0.3 is 14.7 Å². The first-order valence-corrected chi connectivity index (χ1v) is 12.3. The van der Waals surface area contributed by atoms with Gasteiger partial charge in [0, 0.05) is 35.9 Å². The fourth-order valence-corrected chi connectivity index (χ4v) is 6.11. The molecule has 2 aromatic heterocycles. The summed E-state index contributed by atoms with van der Waals surface area (Å²) < 4.78 is 33.2. The number of alkyl halides is 2. The molecule has 0 fully saturated rings. The highest BCUT2D eigenvalue weighted by atomic mass is 19.3. The highest BCUT2D eigenvalue weighted by Crippen LogP contribution is 2.53. The second-order valence-electron chi connectivity index (χ2n) is 10.6. The van der Waals surface area contributed by atoms with Gasteiger partial charge in [0.15, 0.2) is 5.65 Å². The smallest absolute Gasteiger partial charge is 0.387 e. The van der Waals surface area contributed by atoms with Crippen LogP contribution in [0.1, 0.15) is 84.4 Å². The predicted molar refractivity (Wildman–Crippen MR) is 129 cm³/mol. The van der Waals surface area contributed by atoms with Crippen LogP contribution in [0.3, 0.4) is 0 Å². The number of aliphatic hydroxyl groups is 1. The minimum Gasteiger partial charge on any atom is -0.434 e. The SMILES string of the molecule is CN1C(=O)c2cccc(OC(F)F)c2[C@H]2C[C@@H]1c1nn3ccc(C4=CCC(C(C)(C)O)CC4)nc3c12. The van der Waals surface area contributed by atoms with Crippen LogP contribution in [-0.4, -0.2) is 49.8 Å². The van der Waals surface area contributed by atoms with Gasteiger partial charge in [-0.25, -0.2) is 9.50 Å². The van der Waals surface area contributed by atoms with Gasteiger partial charge in [-0.3, -0.25) is 4.79 Å².